The zero-order valence-corrected chi connectivity index (χ0v) is 18.1. The van der Waals surface area contributed by atoms with Crippen LogP contribution in [-0.4, -0.2) is 26.3 Å². The standard InChI is InChI=1S/C19H38Se2/c1-4-6-8-10-12-13-15-17-19(3)21-20-18-16-14-11-9-7-5-2/h3-18H2,1-2H3. The van der Waals surface area contributed by atoms with Gasteiger partial charge in [-0.25, -0.2) is 0 Å². The van der Waals surface area contributed by atoms with E-state index in [0.29, 0.717) is 0 Å². The minimum atomic E-state index is 0.790. The Kier molecular flexibility index (Phi) is 19.5. The van der Waals surface area contributed by atoms with Crippen LogP contribution in [0.25, 0.3) is 0 Å². The number of hydrogen-bond donors (Lipinski definition) is 0. The third-order valence-corrected chi connectivity index (χ3v) is 11.6. The van der Waals surface area contributed by atoms with Gasteiger partial charge < -0.3 is 0 Å². The van der Waals surface area contributed by atoms with Gasteiger partial charge in [0, 0.05) is 0 Å². The van der Waals surface area contributed by atoms with Crippen LogP contribution in [0.5, 0.6) is 0 Å². The average molecular weight is 424 g/mol. The molecule has 0 aliphatic heterocycles. The molecular weight excluding hydrogens is 386 g/mol. The molecule has 0 heterocycles. The van der Waals surface area contributed by atoms with Crippen molar-refractivity contribution in [3.63, 3.8) is 0 Å². The summed E-state index contributed by atoms with van der Waals surface area (Å²) in [6, 6.07) is 0. The van der Waals surface area contributed by atoms with E-state index < -0.39 is 0 Å². The van der Waals surface area contributed by atoms with Crippen molar-refractivity contribution in [3.05, 3.63) is 11.1 Å². The molecule has 0 N–H and O–H groups in total. The summed E-state index contributed by atoms with van der Waals surface area (Å²) in [5.41, 5.74) is 0. The van der Waals surface area contributed by atoms with Crippen LogP contribution in [0.1, 0.15) is 104 Å². The summed E-state index contributed by atoms with van der Waals surface area (Å²) in [5, 5.41) is 1.51. The summed E-state index contributed by atoms with van der Waals surface area (Å²) < 4.78 is 1.60. The van der Waals surface area contributed by atoms with Crippen molar-refractivity contribution >= 4 is 26.3 Å². The zero-order valence-electron chi connectivity index (χ0n) is 14.6. The monoisotopic (exact) mass is 426 g/mol. The van der Waals surface area contributed by atoms with Gasteiger partial charge in [0.05, 0.1) is 0 Å². The molecule has 0 fully saturated rings. The van der Waals surface area contributed by atoms with E-state index in [-0.39, 0.29) is 0 Å². The van der Waals surface area contributed by atoms with E-state index in [9.17, 15) is 0 Å². The zero-order chi connectivity index (χ0) is 15.6. The van der Waals surface area contributed by atoms with Crippen LogP contribution in [0.15, 0.2) is 11.1 Å². The van der Waals surface area contributed by atoms with Crippen LogP contribution in [0, 0.1) is 0 Å². The fourth-order valence-corrected chi connectivity index (χ4v) is 8.98. The summed E-state index contributed by atoms with van der Waals surface area (Å²) in [7, 11) is 0. The summed E-state index contributed by atoms with van der Waals surface area (Å²) >= 11 is 1.69. The van der Waals surface area contributed by atoms with Gasteiger partial charge in [-0.1, -0.05) is 0 Å². The molecule has 0 aliphatic rings. The topological polar surface area (TPSA) is 0 Å². The number of allylic oxidation sites excluding steroid dienone is 1. The molecule has 0 saturated carbocycles. The molecule has 0 aromatic heterocycles. The molecule has 0 bridgehead atoms. The van der Waals surface area contributed by atoms with Crippen LogP contribution < -0.4 is 0 Å². The second kappa shape index (κ2) is 18.8. The van der Waals surface area contributed by atoms with Gasteiger partial charge in [-0.3, -0.25) is 0 Å². The van der Waals surface area contributed by atoms with Gasteiger partial charge in [0.25, 0.3) is 0 Å². The van der Waals surface area contributed by atoms with Gasteiger partial charge in [0.15, 0.2) is 0 Å². The van der Waals surface area contributed by atoms with E-state index in [1.807, 2.05) is 0 Å². The Bertz CT molecular complexity index is 214. The second-order valence-electron chi connectivity index (χ2n) is 6.08. The Hall–Kier alpha value is 0.779. The molecule has 0 rings (SSSR count). The predicted octanol–water partition coefficient (Wildman–Crippen LogP) is 6.74. The van der Waals surface area contributed by atoms with Gasteiger partial charge in [-0.15, -0.1) is 0 Å². The molecule has 126 valence electrons. The van der Waals surface area contributed by atoms with Crippen molar-refractivity contribution in [2.45, 2.75) is 109 Å². The molecule has 0 unspecified atom stereocenters. The van der Waals surface area contributed by atoms with E-state index in [0.717, 1.165) is 26.3 Å². The molecule has 0 atom stereocenters. The second-order valence-corrected chi connectivity index (χ2v) is 13.4. The van der Waals surface area contributed by atoms with Gasteiger partial charge in [0.1, 0.15) is 0 Å². The molecule has 21 heavy (non-hydrogen) atoms. The van der Waals surface area contributed by atoms with Crippen molar-refractivity contribution in [1.82, 2.24) is 0 Å². The molecule has 0 spiro atoms. The summed E-state index contributed by atoms with van der Waals surface area (Å²) in [6.07, 6.45) is 20.0. The first-order valence-electron chi connectivity index (χ1n) is 9.28. The minimum absolute atomic E-state index is 0.790. The van der Waals surface area contributed by atoms with Crippen molar-refractivity contribution in [2.24, 2.45) is 0 Å². The Morgan fingerprint density at radius 3 is 1.71 bits per heavy atom. The van der Waals surface area contributed by atoms with Crippen LogP contribution >= 0.6 is 0 Å². The van der Waals surface area contributed by atoms with E-state index >= 15 is 0 Å². The number of rotatable bonds is 17. The molecule has 0 saturated heterocycles. The SMILES string of the molecule is C=C(CCCCCCCCC)[Se][Se]CCCCCCCC. The summed E-state index contributed by atoms with van der Waals surface area (Å²) in [5.74, 6) is 0. The molecular formula is C19H38Se2. The normalized spacial score (nSPS) is 11.0. The van der Waals surface area contributed by atoms with Crippen molar-refractivity contribution in [1.29, 1.82) is 0 Å². The maximum absolute atomic E-state index is 4.30. The Balaban J connectivity index is 3.13. The van der Waals surface area contributed by atoms with Crippen molar-refractivity contribution < 1.29 is 0 Å². The van der Waals surface area contributed by atoms with Crippen LogP contribution in [0.3, 0.4) is 0 Å². The van der Waals surface area contributed by atoms with Gasteiger partial charge >= 0.3 is 146 Å². The summed E-state index contributed by atoms with van der Waals surface area (Å²) in [4.78, 5) is 0. The van der Waals surface area contributed by atoms with Gasteiger partial charge in [-0.05, 0) is 0 Å². The molecule has 0 radical (unpaired) electrons. The molecule has 0 nitrogen and oxygen atoms in total. The Labute approximate surface area is 146 Å². The fourth-order valence-electron chi connectivity index (χ4n) is 2.39. The Morgan fingerprint density at radius 2 is 1.14 bits per heavy atom. The number of hydrogen-bond acceptors (Lipinski definition) is 0. The van der Waals surface area contributed by atoms with Crippen LogP contribution in [0.4, 0.5) is 0 Å². The van der Waals surface area contributed by atoms with E-state index in [1.165, 1.54) is 95.2 Å². The van der Waals surface area contributed by atoms with Gasteiger partial charge in [-0.2, -0.15) is 0 Å². The maximum atomic E-state index is 4.30. The summed E-state index contributed by atoms with van der Waals surface area (Å²) in [6.45, 7) is 8.89. The third-order valence-electron chi connectivity index (χ3n) is 3.82. The molecule has 0 aliphatic carbocycles. The Morgan fingerprint density at radius 1 is 0.667 bits per heavy atom. The first kappa shape index (κ1) is 21.8. The van der Waals surface area contributed by atoms with Crippen LogP contribution in [0.2, 0.25) is 5.32 Å². The average Bonchev–Trinajstić information content (AvgIpc) is 2.49. The number of unbranched alkanes of at least 4 members (excludes halogenated alkanes) is 11. The van der Waals surface area contributed by atoms with E-state index in [4.69, 9.17) is 0 Å². The van der Waals surface area contributed by atoms with Gasteiger partial charge in [0.2, 0.25) is 0 Å². The van der Waals surface area contributed by atoms with Crippen molar-refractivity contribution in [2.75, 3.05) is 0 Å². The first-order chi connectivity index (χ1) is 10.3. The molecule has 0 amide bonds. The first-order valence-corrected chi connectivity index (χ1v) is 15.7. The van der Waals surface area contributed by atoms with Crippen molar-refractivity contribution in [3.8, 4) is 0 Å². The fraction of sp³-hybridized carbons (Fsp3) is 0.895. The predicted molar refractivity (Wildman–Crippen MR) is 101 cm³/mol. The van der Waals surface area contributed by atoms with Crippen LogP contribution in [-0.2, 0) is 0 Å². The van der Waals surface area contributed by atoms with E-state index in [1.54, 1.807) is 4.47 Å². The molecule has 0 aromatic carbocycles. The van der Waals surface area contributed by atoms with E-state index in [2.05, 4.69) is 20.4 Å². The third kappa shape index (κ3) is 18.7. The molecule has 0 aromatic rings. The molecule has 2 heteroatoms. The quantitative estimate of drug-likeness (QED) is 0.179.